The maximum Gasteiger partial charge on any atom is 0.411 e. The molecule has 0 bridgehead atoms. The summed E-state index contributed by atoms with van der Waals surface area (Å²) >= 11 is 0. The minimum atomic E-state index is -0.993. The fourth-order valence-corrected chi connectivity index (χ4v) is 2.28. The van der Waals surface area contributed by atoms with Gasteiger partial charge < -0.3 is 20.1 Å². The Morgan fingerprint density at radius 3 is 2.75 bits per heavy atom. The molecule has 24 heavy (non-hydrogen) atoms. The van der Waals surface area contributed by atoms with Crippen molar-refractivity contribution < 1.29 is 24.2 Å². The lowest BCUT2D eigenvalue weighted by Crippen LogP contribution is -2.25. The van der Waals surface area contributed by atoms with Crippen molar-refractivity contribution in [2.45, 2.75) is 19.3 Å². The first-order valence-corrected chi connectivity index (χ1v) is 7.43. The van der Waals surface area contributed by atoms with Crippen molar-refractivity contribution in [1.82, 2.24) is 10.3 Å². The summed E-state index contributed by atoms with van der Waals surface area (Å²) in [6, 6.07) is 5.42. The van der Waals surface area contributed by atoms with Gasteiger partial charge in [-0.15, -0.1) is 0 Å². The van der Waals surface area contributed by atoms with E-state index >= 15 is 0 Å². The smallest absolute Gasteiger partial charge is 0.411 e. The predicted molar refractivity (Wildman–Crippen MR) is 87.9 cm³/mol. The number of rotatable bonds is 7. The van der Waals surface area contributed by atoms with E-state index in [1.54, 1.807) is 6.07 Å². The van der Waals surface area contributed by atoms with Crippen molar-refractivity contribution in [2.24, 2.45) is 0 Å². The van der Waals surface area contributed by atoms with Crippen LogP contribution in [-0.2, 0) is 20.7 Å². The van der Waals surface area contributed by atoms with E-state index in [1.807, 2.05) is 18.3 Å². The number of ether oxygens (including phenoxy) is 1. The molecule has 1 heterocycles. The number of nitrogens with one attached hydrogen (secondary N) is 3. The number of aromatic nitrogens is 1. The fraction of sp³-hybridized carbons (Fsp3) is 0.312. The molecule has 0 spiro atoms. The summed E-state index contributed by atoms with van der Waals surface area (Å²) in [5.74, 6) is -1.28. The summed E-state index contributed by atoms with van der Waals surface area (Å²) in [6.45, 7) is 0.403. The zero-order valence-corrected chi connectivity index (χ0v) is 13.2. The molecule has 0 aliphatic rings. The van der Waals surface area contributed by atoms with E-state index in [0.717, 1.165) is 16.5 Å². The van der Waals surface area contributed by atoms with Crippen LogP contribution in [0.15, 0.2) is 24.4 Å². The number of fused-ring (bicyclic) bond motifs is 1. The van der Waals surface area contributed by atoms with Crippen LogP contribution in [0.25, 0.3) is 10.9 Å². The van der Waals surface area contributed by atoms with Crippen LogP contribution < -0.4 is 10.6 Å². The number of aliphatic carboxylic acids is 1. The Hall–Kier alpha value is -3.03. The summed E-state index contributed by atoms with van der Waals surface area (Å²) in [6.07, 6.45) is 1.67. The number of carboxylic acids is 1. The van der Waals surface area contributed by atoms with Gasteiger partial charge in [0.1, 0.15) is 0 Å². The molecule has 8 nitrogen and oxygen atoms in total. The number of hydrogen-bond donors (Lipinski definition) is 4. The highest BCUT2D eigenvalue weighted by Crippen LogP contribution is 2.22. The third-order valence-electron chi connectivity index (χ3n) is 3.48. The third-order valence-corrected chi connectivity index (χ3v) is 3.48. The van der Waals surface area contributed by atoms with E-state index in [9.17, 15) is 14.4 Å². The molecule has 0 aliphatic heterocycles. The Morgan fingerprint density at radius 2 is 2.04 bits per heavy atom. The van der Waals surface area contributed by atoms with Gasteiger partial charge in [-0.3, -0.25) is 14.9 Å². The second-order valence-electron chi connectivity index (χ2n) is 5.18. The lowest BCUT2D eigenvalue weighted by molar-refractivity contribution is -0.138. The molecular formula is C16H19N3O5. The number of carbonyl (C=O) groups excluding carboxylic acids is 2. The van der Waals surface area contributed by atoms with Gasteiger partial charge in [-0.1, -0.05) is 0 Å². The molecule has 1 aromatic carbocycles. The number of H-pyrrole nitrogens is 1. The summed E-state index contributed by atoms with van der Waals surface area (Å²) < 4.78 is 4.56. The van der Waals surface area contributed by atoms with Crippen LogP contribution in [0.4, 0.5) is 10.5 Å². The first kappa shape index (κ1) is 17.3. The van der Waals surface area contributed by atoms with Gasteiger partial charge in [-0.2, -0.15) is 0 Å². The number of carbonyl (C=O) groups is 3. The topological polar surface area (TPSA) is 121 Å². The zero-order valence-electron chi connectivity index (χ0n) is 13.2. The van der Waals surface area contributed by atoms with Gasteiger partial charge in [-0.25, -0.2) is 4.79 Å². The highest BCUT2D eigenvalue weighted by molar-refractivity contribution is 5.91. The maximum absolute atomic E-state index is 11.5. The van der Waals surface area contributed by atoms with Gasteiger partial charge in [0, 0.05) is 35.8 Å². The van der Waals surface area contributed by atoms with Gasteiger partial charge in [-0.05, 0) is 30.2 Å². The molecule has 0 saturated carbocycles. The fourth-order valence-electron chi connectivity index (χ4n) is 2.28. The standard InChI is InChI=1S/C16H19N3O5/c1-24-16(23)19-11-2-3-13-12(8-11)10(9-18-13)6-7-17-14(20)4-5-15(21)22/h2-3,8-9,18H,4-7H2,1H3,(H,17,20)(H,19,23)(H,21,22). The van der Waals surface area contributed by atoms with Gasteiger partial charge in [0.05, 0.1) is 13.5 Å². The number of aromatic amines is 1. The van der Waals surface area contributed by atoms with E-state index < -0.39 is 12.1 Å². The van der Waals surface area contributed by atoms with E-state index in [1.165, 1.54) is 7.11 Å². The average molecular weight is 333 g/mol. The number of anilines is 1. The lowest BCUT2D eigenvalue weighted by Gasteiger charge is -2.06. The maximum atomic E-state index is 11.5. The Balaban J connectivity index is 1.96. The molecule has 0 atom stereocenters. The quantitative estimate of drug-likeness (QED) is 0.616. The largest absolute Gasteiger partial charge is 0.481 e. The molecule has 128 valence electrons. The minimum Gasteiger partial charge on any atom is -0.481 e. The molecule has 0 saturated heterocycles. The first-order chi connectivity index (χ1) is 11.5. The highest BCUT2D eigenvalue weighted by atomic mass is 16.5. The van der Waals surface area contributed by atoms with Gasteiger partial charge in [0.15, 0.2) is 0 Å². The number of amides is 2. The molecule has 2 amide bonds. The van der Waals surface area contributed by atoms with Crippen LogP contribution in [0.2, 0.25) is 0 Å². The molecule has 0 unspecified atom stereocenters. The van der Waals surface area contributed by atoms with E-state index in [4.69, 9.17) is 5.11 Å². The SMILES string of the molecule is COC(=O)Nc1ccc2[nH]cc(CCNC(=O)CCC(=O)O)c2c1. The minimum absolute atomic E-state index is 0.0313. The molecule has 0 aliphatic carbocycles. The van der Waals surface area contributed by atoms with Crippen molar-refractivity contribution in [2.75, 3.05) is 19.0 Å². The van der Waals surface area contributed by atoms with Crippen LogP contribution in [-0.4, -0.2) is 41.7 Å². The van der Waals surface area contributed by atoms with Crippen molar-refractivity contribution in [3.8, 4) is 0 Å². The van der Waals surface area contributed by atoms with Gasteiger partial charge >= 0.3 is 12.1 Å². The van der Waals surface area contributed by atoms with Crippen molar-refractivity contribution >= 4 is 34.6 Å². The second kappa shape index (κ2) is 8.00. The molecular weight excluding hydrogens is 314 g/mol. The first-order valence-electron chi connectivity index (χ1n) is 7.43. The Kier molecular flexibility index (Phi) is 5.78. The van der Waals surface area contributed by atoms with E-state index in [0.29, 0.717) is 18.7 Å². The van der Waals surface area contributed by atoms with Crippen LogP contribution in [0, 0.1) is 0 Å². The predicted octanol–water partition coefficient (Wildman–Crippen LogP) is 1.87. The normalized spacial score (nSPS) is 10.4. The summed E-state index contributed by atoms with van der Waals surface area (Å²) in [4.78, 5) is 36.3. The van der Waals surface area contributed by atoms with Gasteiger partial charge in [0.2, 0.25) is 5.91 Å². The summed E-state index contributed by atoms with van der Waals surface area (Å²) in [7, 11) is 1.29. The summed E-state index contributed by atoms with van der Waals surface area (Å²) in [5, 5.41) is 14.8. The van der Waals surface area contributed by atoms with Crippen LogP contribution in [0.5, 0.6) is 0 Å². The van der Waals surface area contributed by atoms with Crippen LogP contribution >= 0.6 is 0 Å². The molecule has 4 N–H and O–H groups in total. The van der Waals surface area contributed by atoms with E-state index in [-0.39, 0.29) is 18.7 Å². The zero-order chi connectivity index (χ0) is 17.5. The molecule has 8 heteroatoms. The van der Waals surface area contributed by atoms with Crippen molar-refractivity contribution in [1.29, 1.82) is 0 Å². The summed E-state index contributed by atoms with van der Waals surface area (Å²) in [5.41, 5.74) is 2.51. The number of methoxy groups -OCH3 is 1. The average Bonchev–Trinajstić information content (AvgIpc) is 2.95. The highest BCUT2D eigenvalue weighted by Gasteiger charge is 2.08. The number of carboxylic acid groups (broad SMARTS) is 1. The third kappa shape index (κ3) is 4.73. The lowest BCUT2D eigenvalue weighted by atomic mass is 10.1. The van der Waals surface area contributed by atoms with Gasteiger partial charge in [0.25, 0.3) is 0 Å². The molecule has 0 radical (unpaired) electrons. The molecule has 2 aromatic rings. The Morgan fingerprint density at radius 1 is 1.25 bits per heavy atom. The van der Waals surface area contributed by atoms with Crippen molar-refractivity contribution in [3.63, 3.8) is 0 Å². The van der Waals surface area contributed by atoms with E-state index in [2.05, 4.69) is 20.4 Å². The molecule has 1 aromatic heterocycles. The Bertz CT molecular complexity index is 753. The Labute approximate surface area is 138 Å². The van der Waals surface area contributed by atoms with Crippen LogP contribution in [0.1, 0.15) is 18.4 Å². The number of hydrogen-bond acceptors (Lipinski definition) is 4. The number of benzene rings is 1. The second-order valence-corrected chi connectivity index (χ2v) is 5.18. The molecule has 0 fully saturated rings. The van der Waals surface area contributed by atoms with Crippen LogP contribution in [0.3, 0.4) is 0 Å². The molecule has 2 rings (SSSR count). The monoisotopic (exact) mass is 333 g/mol. The van der Waals surface area contributed by atoms with Crippen molar-refractivity contribution in [3.05, 3.63) is 30.0 Å².